The molecule has 1 amide bonds. The van der Waals surface area contributed by atoms with Crippen molar-refractivity contribution in [1.29, 1.82) is 0 Å². The quantitative estimate of drug-likeness (QED) is 0.529. The minimum absolute atomic E-state index is 0.0764. The topological polar surface area (TPSA) is 60.5 Å². The Morgan fingerprint density at radius 1 is 1.29 bits per heavy atom. The second-order valence-electron chi connectivity index (χ2n) is 4.93. The summed E-state index contributed by atoms with van der Waals surface area (Å²) in [5, 5.41) is 3.59. The number of hydrogen-bond acceptors (Lipinski definition) is 5. The number of hydrogen-bond donors (Lipinski definition) is 1. The highest BCUT2D eigenvalue weighted by atomic mass is 35.5. The van der Waals surface area contributed by atoms with Crippen LogP contribution in [0.4, 0.5) is 5.69 Å². The number of carbonyl (C=O) groups excluding carboxylic acids is 1. The summed E-state index contributed by atoms with van der Waals surface area (Å²) in [6.45, 7) is 0.0764. The van der Waals surface area contributed by atoms with E-state index in [1.165, 1.54) is 7.11 Å². The molecule has 0 aliphatic rings. The van der Waals surface area contributed by atoms with E-state index in [9.17, 15) is 4.79 Å². The molecule has 1 aromatic heterocycles. The smallest absolute Gasteiger partial charge is 0.239 e. The summed E-state index contributed by atoms with van der Waals surface area (Å²) < 4.78 is 11.6. The summed E-state index contributed by atoms with van der Waals surface area (Å²) >= 11 is 7.15. The van der Waals surface area contributed by atoms with E-state index in [2.05, 4.69) is 10.3 Å². The minimum atomic E-state index is -0.299. The number of ether oxygens (including phenoxy) is 2. The third-order valence-corrected chi connectivity index (χ3v) is 4.58. The predicted octanol–water partition coefficient (Wildman–Crippen LogP) is 4.12. The summed E-state index contributed by atoms with van der Waals surface area (Å²) in [5.41, 5.74) is 2.41. The number of fused-ring (bicyclic) bond motifs is 1. The number of halogens is 1. The lowest BCUT2D eigenvalue weighted by Gasteiger charge is -2.12. The number of rotatable bonds is 6. The number of methoxy groups -OCH3 is 1. The van der Waals surface area contributed by atoms with Crippen LogP contribution in [0.2, 0.25) is 0 Å². The molecule has 24 heavy (non-hydrogen) atoms. The van der Waals surface area contributed by atoms with Crippen molar-refractivity contribution in [3.63, 3.8) is 0 Å². The van der Waals surface area contributed by atoms with Gasteiger partial charge in [-0.15, -0.1) is 22.9 Å². The first-order valence-corrected chi connectivity index (χ1v) is 8.54. The number of alkyl halides is 1. The standard InChI is InChI=1S/C17H15ClN2O3S/c1-22-10-23-14-8-11(6-7-12(14)19-16(21)9-18)17-20-13-4-2-3-5-15(13)24-17/h2-8H,9-10H2,1H3,(H,19,21). The van der Waals surface area contributed by atoms with Crippen molar-refractivity contribution in [3.05, 3.63) is 42.5 Å². The molecule has 0 unspecified atom stereocenters. The molecule has 0 aliphatic carbocycles. The van der Waals surface area contributed by atoms with Gasteiger partial charge in [-0.3, -0.25) is 4.79 Å². The number of thiazole rings is 1. The van der Waals surface area contributed by atoms with E-state index in [1.54, 1.807) is 17.4 Å². The Labute approximate surface area is 148 Å². The van der Waals surface area contributed by atoms with Crippen LogP contribution >= 0.6 is 22.9 Å². The van der Waals surface area contributed by atoms with Gasteiger partial charge in [0.25, 0.3) is 0 Å². The Balaban J connectivity index is 1.97. The van der Waals surface area contributed by atoms with Crippen LogP contribution in [0.1, 0.15) is 0 Å². The highest BCUT2D eigenvalue weighted by molar-refractivity contribution is 7.21. The summed E-state index contributed by atoms with van der Waals surface area (Å²) in [7, 11) is 1.54. The zero-order valence-electron chi connectivity index (χ0n) is 12.9. The maximum absolute atomic E-state index is 11.5. The molecular weight excluding hydrogens is 348 g/mol. The molecule has 0 fully saturated rings. The number of para-hydroxylation sites is 1. The van der Waals surface area contributed by atoms with Gasteiger partial charge in [-0.25, -0.2) is 4.98 Å². The van der Waals surface area contributed by atoms with Gasteiger partial charge in [-0.1, -0.05) is 12.1 Å². The van der Waals surface area contributed by atoms with E-state index in [0.717, 1.165) is 20.8 Å². The number of nitrogens with one attached hydrogen (secondary N) is 1. The number of carbonyl (C=O) groups is 1. The fourth-order valence-corrected chi connectivity index (χ4v) is 3.21. The molecule has 3 rings (SSSR count). The van der Waals surface area contributed by atoms with Gasteiger partial charge < -0.3 is 14.8 Å². The highest BCUT2D eigenvalue weighted by Crippen LogP contribution is 2.35. The third kappa shape index (κ3) is 3.67. The van der Waals surface area contributed by atoms with Gasteiger partial charge in [0.15, 0.2) is 6.79 Å². The zero-order valence-corrected chi connectivity index (χ0v) is 14.5. The monoisotopic (exact) mass is 362 g/mol. The number of amides is 1. The maximum Gasteiger partial charge on any atom is 0.239 e. The van der Waals surface area contributed by atoms with Crippen molar-refractivity contribution in [2.75, 3.05) is 25.1 Å². The second-order valence-corrected chi connectivity index (χ2v) is 6.23. The van der Waals surface area contributed by atoms with E-state index >= 15 is 0 Å². The Morgan fingerprint density at radius 3 is 2.88 bits per heavy atom. The second kappa shape index (κ2) is 7.61. The molecule has 7 heteroatoms. The SMILES string of the molecule is COCOc1cc(-c2nc3ccccc3s2)ccc1NC(=O)CCl. The minimum Gasteiger partial charge on any atom is -0.465 e. The van der Waals surface area contributed by atoms with E-state index in [0.29, 0.717) is 11.4 Å². The average Bonchev–Trinajstić information content (AvgIpc) is 3.04. The van der Waals surface area contributed by atoms with Crippen LogP contribution in [0.15, 0.2) is 42.5 Å². The number of aromatic nitrogens is 1. The Kier molecular flexibility index (Phi) is 5.30. The lowest BCUT2D eigenvalue weighted by molar-refractivity contribution is -0.113. The molecule has 124 valence electrons. The van der Waals surface area contributed by atoms with Gasteiger partial charge in [0, 0.05) is 12.7 Å². The molecule has 1 heterocycles. The molecule has 0 aliphatic heterocycles. The van der Waals surface area contributed by atoms with Crippen LogP contribution < -0.4 is 10.1 Å². The van der Waals surface area contributed by atoms with Crippen LogP contribution in [0.3, 0.4) is 0 Å². The first-order valence-electron chi connectivity index (χ1n) is 7.19. The Bertz CT molecular complexity index is 833. The van der Waals surface area contributed by atoms with Gasteiger partial charge in [0.1, 0.15) is 16.6 Å². The van der Waals surface area contributed by atoms with Crippen LogP contribution in [-0.2, 0) is 9.53 Å². The van der Waals surface area contributed by atoms with Crippen LogP contribution in [-0.4, -0.2) is 30.7 Å². The maximum atomic E-state index is 11.5. The molecule has 5 nitrogen and oxygen atoms in total. The average molecular weight is 363 g/mol. The lowest BCUT2D eigenvalue weighted by Crippen LogP contribution is -2.14. The molecule has 0 atom stereocenters. The molecule has 0 saturated heterocycles. The Morgan fingerprint density at radius 2 is 2.12 bits per heavy atom. The Hall–Kier alpha value is -2.15. The molecular formula is C17H15ClN2O3S. The predicted molar refractivity (Wildman–Crippen MR) is 96.9 cm³/mol. The van der Waals surface area contributed by atoms with Gasteiger partial charge in [0.05, 0.1) is 15.9 Å². The molecule has 0 radical (unpaired) electrons. The summed E-state index contributed by atoms with van der Waals surface area (Å²) in [6.07, 6.45) is 0. The first kappa shape index (κ1) is 16.7. The number of nitrogens with zero attached hydrogens (tertiary/aromatic N) is 1. The summed E-state index contributed by atoms with van der Waals surface area (Å²) in [5.74, 6) is 0.0855. The van der Waals surface area contributed by atoms with Crippen molar-refractivity contribution < 1.29 is 14.3 Å². The van der Waals surface area contributed by atoms with Crippen molar-refractivity contribution in [3.8, 4) is 16.3 Å². The molecule has 0 spiro atoms. The molecule has 2 aromatic carbocycles. The van der Waals surface area contributed by atoms with E-state index in [4.69, 9.17) is 21.1 Å². The van der Waals surface area contributed by atoms with Crippen molar-refractivity contribution in [1.82, 2.24) is 4.98 Å². The van der Waals surface area contributed by atoms with Gasteiger partial charge in [-0.2, -0.15) is 0 Å². The van der Waals surface area contributed by atoms with Crippen molar-refractivity contribution in [2.24, 2.45) is 0 Å². The van der Waals surface area contributed by atoms with Crippen LogP contribution in [0, 0.1) is 0 Å². The normalized spacial score (nSPS) is 10.8. The van der Waals surface area contributed by atoms with E-state index in [1.807, 2.05) is 36.4 Å². The fourth-order valence-electron chi connectivity index (χ4n) is 2.18. The lowest BCUT2D eigenvalue weighted by atomic mass is 10.2. The van der Waals surface area contributed by atoms with Crippen molar-refractivity contribution in [2.45, 2.75) is 0 Å². The first-order chi connectivity index (χ1) is 11.7. The van der Waals surface area contributed by atoms with Crippen molar-refractivity contribution >= 4 is 44.7 Å². The molecule has 1 N–H and O–H groups in total. The number of benzene rings is 2. The molecule has 0 saturated carbocycles. The van der Waals surface area contributed by atoms with E-state index < -0.39 is 0 Å². The van der Waals surface area contributed by atoms with Gasteiger partial charge >= 0.3 is 0 Å². The summed E-state index contributed by atoms with van der Waals surface area (Å²) in [6, 6.07) is 13.5. The molecule has 0 bridgehead atoms. The van der Waals surface area contributed by atoms with Gasteiger partial charge in [-0.05, 0) is 30.3 Å². The molecule has 3 aromatic rings. The summed E-state index contributed by atoms with van der Waals surface area (Å²) in [4.78, 5) is 16.2. The number of anilines is 1. The van der Waals surface area contributed by atoms with Gasteiger partial charge in [0.2, 0.25) is 5.91 Å². The third-order valence-electron chi connectivity index (χ3n) is 3.25. The highest BCUT2D eigenvalue weighted by Gasteiger charge is 2.12. The van der Waals surface area contributed by atoms with Crippen LogP contribution in [0.25, 0.3) is 20.8 Å². The zero-order chi connectivity index (χ0) is 16.9. The van der Waals surface area contributed by atoms with Crippen LogP contribution in [0.5, 0.6) is 5.75 Å². The largest absolute Gasteiger partial charge is 0.465 e. The fraction of sp³-hybridized carbons (Fsp3) is 0.176. The van der Waals surface area contributed by atoms with E-state index in [-0.39, 0.29) is 18.6 Å².